The molecule has 2 rings (SSSR count). The van der Waals surface area contributed by atoms with Crippen molar-refractivity contribution in [3.05, 3.63) is 40.9 Å². The predicted octanol–water partition coefficient (Wildman–Crippen LogP) is 3.77. The molecule has 0 bridgehead atoms. The summed E-state index contributed by atoms with van der Waals surface area (Å²) in [5.74, 6) is 0.730. The molecule has 0 aliphatic carbocycles. The third-order valence-corrected chi connectivity index (χ3v) is 4.08. The zero-order valence-electron chi connectivity index (χ0n) is 14.2. The van der Waals surface area contributed by atoms with Gasteiger partial charge in [-0.25, -0.2) is 9.78 Å². The van der Waals surface area contributed by atoms with E-state index in [4.69, 9.17) is 9.47 Å². The van der Waals surface area contributed by atoms with Crippen LogP contribution in [0.25, 0.3) is 0 Å². The van der Waals surface area contributed by atoms with Crippen molar-refractivity contribution in [1.82, 2.24) is 4.98 Å². The zero-order valence-corrected chi connectivity index (χ0v) is 15.0. The van der Waals surface area contributed by atoms with E-state index in [0.29, 0.717) is 16.4 Å². The summed E-state index contributed by atoms with van der Waals surface area (Å²) in [6.07, 6.45) is 0.658. The van der Waals surface area contributed by atoms with Gasteiger partial charge in [-0.1, -0.05) is 29.5 Å². The van der Waals surface area contributed by atoms with E-state index in [0.717, 1.165) is 11.3 Å². The number of amides is 1. The molecule has 0 saturated heterocycles. The number of methoxy groups -OCH3 is 1. The Labute approximate surface area is 145 Å². The fourth-order valence-electron chi connectivity index (χ4n) is 2.07. The summed E-state index contributed by atoms with van der Waals surface area (Å²) in [7, 11) is 1.60. The number of aromatic nitrogens is 1. The van der Waals surface area contributed by atoms with Gasteiger partial charge >= 0.3 is 6.09 Å². The van der Waals surface area contributed by atoms with Crippen LogP contribution in [0.5, 0.6) is 5.75 Å². The number of carbonyl (C=O) groups excluding carboxylic acids is 1. The first-order valence-corrected chi connectivity index (χ1v) is 8.36. The number of hydrogen-bond donors (Lipinski definition) is 2. The summed E-state index contributed by atoms with van der Waals surface area (Å²) in [5.41, 5.74) is 0.329. The lowest BCUT2D eigenvalue weighted by Crippen LogP contribution is -2.27. The second-order valence-electron chi connectivity index (χ2n) is 6.23. The van der Waals surface area contributed by atoms with Crippen LogP contribution in [0.4, 0.5) is 9.93 Å². The molecule has 6 nitrogen and oxygen atoms in total. The summed E-state index contributed by atoms with van der Waals surface area (Å²) in [4.78, 5) is 16.5. The lowest BCUT2D eigenvalue weighted by atomic mass is 10.1. The van der Waals surface area contributed by atoms with Crippen LogP contribution in [0, 0.1) is 0 Å². The molecule has 1 aromatic heterocycles. The number of carbonyl (C=O) groups is 1. The van der Waals surface area contributed by atoms with Gasteiger partial charge < -0.3 is 14.6 Å². The Balaban J connectivity index is 2.00. The third kappa shape index (κ3) is 5.21. The van der Waals surface area contributed by atoms with Crippen molar-refractivity contribution in [3.63, 3.8) is 0 Å². The van der Waals surface area contributed by atoms with Gasteiger partial charge in [0.05, 0.1) is 18.1 Å². The molecule has 0 aliphatic rings. The Bertz CT molecular complexity index is 694. The normalized spacial score (nSPS) is 12.5. The van der Waals surface area contributed by atoms with E-state index in [1.54, 1.807) is 34.1 Å². The van der Waals surface area contributed by atoms with Gasteiger partial charge in [-0.3, -0.25) is 5.32 Å². The minimum atomic E-state index is -0.729. The lowest BCUT2D eigenvalue weighted by Gasteiger charge is -2.18. The van der Waals surface area contributed by atoms with Crippen LogP contribution in [-0.2, 0) is 11.2 Å². The second kappa shape index (κ2) is 7.63. The van der Waals surface area contributed by atoms with Crippen LogP contribution in [0.15, 0.2) is 30.5 Å². The summed E-state index contributed by atoms with van der Waals surface area (Å²) in [5, 5.41) is 13.4. The monoisotopic (exact) mass is 350 g/mol. The maximum Gasteiger partial charge on any atom is 0.413 e. The van der Waals surface area contributed by atoms with E-state index in [1.807, 2.05) is 24.3 Å². The smallest absolute Gasteiger partial charge is 0.413 e. The highest BCUT2D eigenvalue weighted by Gasteiger charge is 2.19. The van der Waals surface area contributed by atoms with Crippen molar-refractivity contribution in [3.8, 4) is 5.75 Å². The predicted molar refractivity (Wildman–Crippen MR) is 93.6 cm³/mol. The number of para-hydroxylation sites is 1. The Hall–Kier alpha value is -2.12. The van der Waals surface area contributed by atoms with E-state index < -0.39 is 17.8 Å². The average Bonchev–Trinajstić information content (AvgIpc) is 2.94. The molecular weight excluding hydrogens is 328 g/mol. The maximum absolute atomic E-state index is 11.7. The van der Waals surface area contributed by atoms with Gasteiger partial charge in [-0.2, -0.15) is 0 Å². The van der Waals surface area contributed by atoms with Gasteiger partial charge in [0.1, 0.15) is 11.4 Å². The van der Waals surface area contributed by atoms with Crippen molar-refractivity contribution >= 4 is 22.6 Å². The number of rotatable bonds is 5. The van der Waals surface area contributed by atoms with Crippen molar-refractivity contribution < 1.29 is 19.4 Å². The molecule has 1 atom stereocenters. The van der Waals surface area contributed by atoms with Crippen LogP contribution >= 0.6 is 11.3 Å². The molecule has 0 spiro atoms. The standard InChI is InChI=1S/C17H22N2O4S/c1-17(2,3)23-16(21)19-15-18-10-14(24-15)12(20)9-11-7-5-6-8-13(11)22-4/h5-8,10,12,20H,9H2,1-4H3,(H,18,19,21). The number of aliphatic hydroxyl groups is 1. The summed E-state index contributed by atoms with van der Waals surface area (Å²) >= 11 is 1.21. The fourth-order valence-corrected chi connectivity index (χ4v) is 2.86. The van der Waals surface area contributed by atoms with Crippen LogP contribution in [0.3, 0.4) is 0 Å². The number of anilines is 1. The third-order valence-electron chi connectivity index (χ3n) is 3.07. The summed E-state index contributed by atoms with van der Waals surface area (Å²) in [6, 6.07) is 7.53. The molecule has 1 amide bonds. The van der Waals surface area contributed by atoms with Gasteiger partial charge in [0.15, 0.2) is 5.13 Å². The van der Waals surface area contributed by atoms with E-state index in [1.165, 1.54) is 11.3 Å². The van der Waals surface area contributed by atoms with Gasteiger partial charge in [0, 0.05) is 12.6 Å². The molecule has 0 fully saturated rings. The highest BCUT2D eigenvalue weighted by molar-refractivity contribution is 7.15. The topological polar surface area (TPSA) is 80.7 Å². The largest absolute Gasteiger partial charge is 0.496 e. The first kappa shape index (κ1) is 18.2. The molecule has 1 heterocycles. The van der Waals surface area contributed by atoms with Gasteiger partial charge in [-0.05, 0) is 32.4 Å². The first-order valence-electron chi connectivity index (χ1n) is 7.54. The molecule has 2 aromatic rings. The van der Waals surface area contributed by atoms with E-state index in [9.17, 15) is 9.90 Å². The van der Waals surface area contributed by atoms with Gasteiger partial charge in [0.25, 0.3) is 0 Å². The van der Waals surface area contributed by atoms with Gasteiger partial charge in [0.2, 0.25) is 0 Å². The number of aliphatic hydroxyl groups excluding tert-OH is 1. The lowest BCUT2D eigenvalue weighted by molar-refractivity contribution is 0.0636. The highest BCUT2D eigenvalue weighted by atomic mass is 32.1. The Morgan fingerprint density at radius 2 is 2.08 bits per heavy atom. The van der Waals surface area contributed by atoms with E-state index >= 15 is 0 Å². The maximum atomic E-state index is 11.7. The number of hydrogen-bond acceptors (Lipinski definition) is 6. The Kier molecular flexibility index (Phi) is 5.80. The average molecular weight is 350 g/mol. The molecule has 1 aromatic carbocycles. The minimum Gasteiger partial charge on any atom is -0.496 e. The molecule has 0 saturated carbocycles. The van der Waals surface area contributed by atoms with Crippen molar-refractivity contribution in [1.29, 1.82) is 0 Å². The number of nitrogens with zero attached hydrogens (tertiary/aromatic N) is 1. The molecular formula is C17H22N2O4S. The number of thiazole rings is 1. The van der Waals surface area contributed by atoms with Crippen molar-refractivity contribution in [2.24, 2.45) is 0 Å². The molecule has 7 heteroatoms. The quantitative estimate of drug-likeness (QED) is 0.858. The second-order valence-corrected chi connectivity index (χ2v) is 7.29. The van der Waals surface area contributed by atoms with E-state index in [-0.39, 0.29) is 0 Å². The zero-order chi connectivity index (χ0) is 17.7. The molecule has 1 unspecified atom stereocenters. The fraction of sp³-hybridized carbons (Fsp3) is 0.412. The highest BCUT2D eigenvalue weighted by Crippen LogP contribution is 2.29. The van der Waals surface area contributed by atoms with Crippen LogP contribution in [0.1, 0.15) is 37.3 Å². The van der Waals surface area contributed by atoms with Gasteiger partial charge in [-0.15, -0.1) is 0 Å². The molecule has 130 valence electrons. The Morgan fingerprint density at radius 1 is 1.38 bits per heavy atom. The number of ether oxygens (including phenoxy) is 2. The van der Waals surface area contributed by atoms with Crippen LogP contribution in [-0.4, -0.2) is 28.9 Å². The van der Waals surface area contributed by atoms with Crippen LogP contribution in [0.2, 0.25) is 0 Å². The molecule has 0 aliphatic heterocycles. The van der Waals surface area contributed by atoms with Crippen LogP contribution < -0.4 is 10.1 Å². The summed E-state index contributed by atoms with van der Waals surface area (Å²) < 4.78 is 10.5. The number of nitrogens with one attached hydrogen (secondary N) is 1. The van der Waals surface area contributed by atoms with E-state index in [2.05, 4.69) is 10.3 Å². The molecule has 0 radical (unpaired) electrons. The van der Waals surface area contributed by atoms with Crippen molar-refractivity contribution in [2.75, 3.05) is 12.4 Å². The van der Waals surface area contributed by atoms with Crippen molar-refractivity contribution in [2.45, 2.75) is 38.9 Å². The number of benzene rings is 1. The molecule has 2 N–H and O–H groups in total. The minimum absolute atomic E-state index is 0.387. The summed E-state index contributed by atoms with van der Waals surface area (Å²) in [6.45, 7) is 5.37. The first-order chi connectivity index (χ1) is 11.3. The Morgan fingerprint density at radius 3 is 2.75 bits per heavy atom. The SMILES string of the molecule is COc1ccccc1CC(O)c1cnc(NC(=O)OC(C)(C)C)s1. The molecule has 24 heavy (non-hydrogen) atoms.